The Morgan fingerprint density at radius 1 is 1.22 bits per heavy atom. The number of piperidine rings is 1. The van der Waals surface area contributed by atoms with Crippen LogP contribution in [0.2, 0.25) is 0 Å². The van der Waals surface area contributed by atoms with Crippen molar-refractivity contribution in [3.05, 3.63) is 65.5 Å². The average Bonchev–Trinajstić information content (AvgIpc) is 2.61. The standard InChI is InChI=1S/C19H22N2O2/c1-15-17(10-7-12-20-15)18-11-5-6-13-21(18)19(22)23-14-16-8-3-2-4-9-16/h2-4,7-10,12,18H,5-6,11,13-14H2,1H3/t18-/m1/s1. The van der Waals surface area contributed by atoms with E-state index < -0.39 is 0 Å². The third-order valence-electron chi connectivity index (χ3n) is 4.35. The number of pyridine rings is 1. The first-order valence-electron chi connectivity index (χ1n) is 8.14. The van der Waals surface area contributed by atoms with Crippen molar-refractivity contribution in [2.45, 2.75) is 38.8 Å². The lowest BCUT2D eigenvalue weighted by Gasteiger charge is -2.35. The lowest BCUT2D eigenvalue weighted by atomic mass is 9.95. The number of aryl methyl sites for hydroxylation is 1. The van der Waals surface area contributed by atoms with E-state index in [-0.39, 0.29) is 12.1 Å². The maximum Gasteiger partial charge on any atom is 0.410 e. The number of aromatic nitrogens is 1. The predicted octanol–water partition coefficient (Wildman–Crippen LogP) is 4.25. The van der Waals surface area contributed by atoms with Gasteiger partial charge >= 0.3 is 6.09 Å². The van der Waals surface area contributed by atoms with E-state index in [9.17, 15) is 4.79 Å². The Bertz CT molecular complexity index is 657. The van der Waals surface area contributed by atoms with E-state index in [1.165, 1.54) is 0 Å². The number of benzene rings is 1. The van der Waals surface area contributed by atoms with Gasteiger partial charge in [-0.1, -0.05) is 36.4 Å². The minimum absolute atomic E-state index is 0.0701. The summed E-state index contributed by atoms with van der Waals surface area (Å²) in [7, 11) is 0. The van der Waals surface area contributed by atoms with Gasteiger partial charge in [0.05, 0.1) is 6.04 Å². The Kier molecular flexibility index (Phi) is 4.91. The zero-order valence-electron chi connectivity index (χ0n) is 13.4. The number of ether oxygens (including phenoxy) is 1. The molecule has 1 fully saturated rings. The quantitative estimate of drug-likeness (QED) is 0.851. The molecular weight excluding hydrogens is 288 g/mol. The summed E-state index contributed by atoms with van der Waals surface area (Å²) in [4.78, 5) is 18.8. The number of hydrogen-bond acceptors (Lipinski definition) is 3. The van der Waals surface area contributed by atoms with Crippen LogP contribution in [0.3, 0.4) is 0 Å². The van der Waals surface area contributed by atoms with Crippen LogP contribution in [-0.4, -0.2) is 22.5 Å². The van der Waals surface area contributed by atoms with E-state index in [1.54, 1.807) is 6.20 Å². The van der Waals surface area contributed by atoms with Gasteiger partial charge in [-0.25, -0.2) is 4.79 Å². The van der Waals surface area contributed by atoms with Gasteiger partial charge in [-0.2, -0.15) is 0 Å². The molecule has 1 amide bonds. The molecular formula is C19H22N2O2. The first-order chi connectivity index (χ1) is 11.3. The largest absolute Gasteiger partial charge is 0.445 e. The molecule has 1 saturated heterocycles. The van der Waals surface area contributed by atoms with Crippen molar-refractivity contribution in [3.8, 4) is 0 Å². The minimum Gasteiger partial charge on any atom is -0.445 e. The molecule has 0 N–H and O–H groups in total. The molecule has 4 nitrogen and oxygen atoms in total. The SMILES string of the molecule is Cc1ncccc1[C@H]1CCCCN1C(=O)OCc1ccccc1. The molecule has 1 aliphatic heterocycles. The fourth-order valence-electron chi connectivity index (χ4n) is 3.12. The molecule has 0 bridgehead atoms. The van der Waals surface area contributed by atoms with Crippen molar-refractivity contribution in [2.24, 2.45) is 0 Å². The maximum absolute atomic E-state index is 12.5. The van der Waals surface area contributed by atoms with E-state index in [0.29, 0.717) is 6.61 Å². The molecule has 23 heavy (non-hydrogen) atoms. The molecule has 0 saturated carbocycles. The summed E-state index contributed by atoms with van der Waals surface area (Å²) < 4.78 is 5.53. The highest BCUT2D eigenvalue weighted by atomic mass is 16.6. The first kappa shape index (κ1) is 15.5. The fourth-order valence-corrected chi connectivity index (χ4v) is 3.12. The molecule has 1 aromatic heterocycles. The number of carbonyl (C=O) groups excluding carboxylic acids is 1. The second kappa shape index (κ2) is 7.27. The van der Waals surface area contributed by atoms with Crippen molar-refractivity contribution >= 4 is 6.09 Å². The topological polar surface area (TPSA) is 42.4 Å². The molecule has 1 aromatic carbocycles. The minimum atomic E-state index is -0.234. The van der Waals surface area contributed by atoms with E-state index in [1.807, 2.05) is 48.2 Å². The maximum atomic E-state index is 12.5. The molecule has 0 radical (unpaired) electrons. The first-order valence-corrected chi connectivity index (χ1v) is 8.14. The van der Waals surface area contributed by atoms with Crippen LogP contribution >= 0.6 is 0 Å². The number of carbonyl (C=O) groups is 1. The van der Waals surface area contributed by atoms with Gasteiger partial charge in [0.25, 0.3) is 0 Å². The normalized spacial score (nSPS) is 17.8. The summed E-state index contributed by atoms with van der Waals surface area (Å²) in [6, 6.07) is 13.9. The Balaban J connectivity index is 1.71. The van der Waals surface area contributed by atoms with Gasteiger partial charge in [0.1, 0.15) is 6.61 Å². The second-order valence-electron chi connectivity index (χ2n) is 5.92. The van der Waals surface area contributed by atoms with Crippen molar-refractivity contribution in [1.82, 2.24) is 9.88 Å². The summed E-state index contributed by atoms with van der Waals surface area (Å²) in [5.74, 6) is 0. The molecule has 0 aliphatic carbocycles. The van der Waals surface area contributed by atoms with Crippen LogP contribution in [0.25, 0.3) is 0 Å². The highest BCUT2D eigenvalue weighted by molar-refractivity contribution is 5.68. The van der Waals surface area contributed by atoms with Crippen LogP contribution in [0, 0.1) is 6.92 Å². The van der Waals surface area contributed by atoms with Gasteiger partial charge in [-0.3, -0.25) is 4.98 Å². The van der Waals surface area contributed by atoms with Gasteiger partial charge < -0.3 is 9.64 Å². The van der Waals surface area contributed by atoms with Crippen LogP contribution in [0.4, 0.5) is 4.79 Å². The average molecular weight is 310 g/mol. The number of hydrogen-bond donors (Lipinski definition) is 0. The van der Waals surface area contributed by atoms with E-state index in [0.717, 1.165) is 42.6 Å². The Labute approximate surface area is 137 Å². The van der Waals surface area contributed by atoms with Crippen LogP contribution in [0.1, 0.15) is 42.1 Å². The van der Waals surface area contributed by atoms with E-state index >= 15 is 0 Å². The molecule has 4 heteroatoms. The molecule has 1 aliphatic rings. The van der Waals surface area contributed by atoms with Crippen molar-refractivity contribution in [1.29, 1.82) is 0 Å². The molecule has 1 atom stereocenters. The van der Waals surface area contributed by atoms with Crippen LogP contribution in [0.5, 0.6) is 0 Å². The van der Waals surface area contributed by atoms with E-state index in [2.05, 4.69) is 11.1 Å². The van der Waals surface area contributed by atoms with Gasteiger partial charge in [0.2, 0.25) is 0 Å². The molecule has 0 spiro atoms. The summed E-state index contributed by atoms with van der Waals surface area (Å²) >= 11 is 0. The van der Waals surface area contributed by atoms with Gasteiger partial charge in [0, 0.05) is 18.4 Å². The highest BCUT2D eigenvalue weighted by Crippen LogP contribution is 2.32. The Morgan fingerprint density at radius 3 is 2.83 bits per heavy atom. The van der Waals surface area contributed by atoms with Gasteiger partial charge in [-0.15, -0.1) is 0 Å². The van der Waals surface area contributed by atoms with Gasteiger partial charge in [0.15, 0.2) is 0 Å². The zero-order valence-corrected chi connectivity index (χ0v) is 13.4. The second-order valence-corrected chi connectivity index (χ2v) is 5.92. The molecule has 0 unspecified atom stereocenters. The third-order valence-corrected chi connectivity index (χ3v) is 4.35. The number of amides is 1. The molecule has 2 heterocycles. The van der Waals surface area contributed by atoms with E-state index in [4.69, 9.17) is 4.74 Å². The van der Waals surface area contributed by atoms with Gasteiger partial charge in [-0.05, 0) is 43.4 Å². The molecule has 3 rings (SSSR count). The van der Waals surface area contributed by atoms with Crippen LogP contribution < -0.4 is 0 Å². The van der Waals surface area contributed by atoms with Crippen molar-refractivity contribution in [2.75, 3.05) is 6.54 Å². The Morgan fingerprint density at radius 2 is 2.04 bits per heavy atom. The van der Waals surface area contributed by atoms with Crippen LogP contribution in [0.15, 0.2) is 48.7 Å². The molecule has 2 aromatic rings. The summed E-state index contributed by atoms with van der Waals surface area (Å²) in [6.07, 6.45) is 4.67. The zero-order chi connectivity index (χ0) is 16.1. The smallest absolute Gasteiger partial charge is 0.410 e. The lowest BCUT2D eigenvalue weighted by Crippen LogP contribution is -2.39. The third kappa shape index (κ3) is 3.70. The Hall–Kier alpha value is -2.36. The summed E-state index contributed by atoms with van der Waals surface area (Å²) in [5.41, 5.74) is 3.12. The number of rotatable bonds is 3. The number of nitrogens with zero attached hydrogens (tertiary/aromatic N) is 2. The monoisotopic (exact) mass is 310 g/mol. The predicted molar refractivity (Wildman–Crippen MR) is 88.9 cm³/mol. The van der Waals surface area contributed by atoms with Crippen LogP contribution in [-0.2, 0) is 11.3 Å². The lowest BCUT2D eigenvalue weighted by molar-refractivity contribution is 0.0677. The summed E-state index contributed by atoms with van der Waals surface area (Å²) in [5, 5.41) is 0. The fraction of sp³-hybridized carbons (Fsp3) is 0.368. The summed E-state index contributed by atoms with van der Waals surface area (Å²) in [6.45, 7) is 3.05. The molecule has 120 valence electrons. The number of likely N-dealkylation sites (tertiary alicyclic amines) is 1. The van der Waals surface area contributed by atoms with Crippen molar-refractivity contribution < 1.29 is 9.53 Å². The highest BCUT2D eigenvalue weighted by Gasteiger charge is 2.30. The van der Waals surface area contributed by atoms with Crippen molar-refractivity contribution in [3.63, 3.8) is 0 Å².